The molecule has 0 bridgehead atoms. The average molecular weight is 327 g/mol. The van der Waals surface area contributed by atoms with Crippen molar-refractivity contribution in [1.29, 1.82) is 0 Å². The van der Waals surface area contributed by atoms with Gasteiger partial charge in [0.25, 0.3) is 5.91 Å². The number of nitrogens with one attached hydrogen (secondary N) is 1. The number of amides is 1. The van der Waals surface area contributed by atoms with Crippen molar-refractivity contribution in [3.05, 3.63) is 59.7 Å². The summed E-state index contributed by atoms with van der Waals surface area (Å²) in [5.74, 6) is 1.73. The van der Waals surface area contributed by atoms with Gasteiger partial charge in [0.2, 0.25) is 0 Å². The molecule has 2 rings (SSSR count). The van der Waals surface area contributed by atoms with Crippen LogP contribution in [0.1, 0.15) is 37.8 Å². The van der Waals surface area contributed by atoms with Crippen molar-refractivity contribution in [2.45, 2.75) is 39.3 Å². The first-order valence-corrected chi connectivity index (χ1v) is 8.17. The summed E-state index contributed by atoms with van der Waals surface area (Å²) in [6.07, 6.45) is -0.560. The van der Waals surface area contributed by atoms with Gasteiger partial charge in [-0.25, -0.2) is 0 Å². The van der Waals surface area contributed by atoms with E-state index in [9.17, 15) is 4.79 Å². The number of benzene rings is 2. The highest BCUT2D eigenvalue weighted by molar-refractivity contribution is 5.80. The van der Waals surface area contributed by atoms with E-state index in [1.165, 1.54) is 0 Å². The Labute approximate surface area is 143 Å². The zero-order valence-electron chi connectivity index (χ0n) is 14.7. The summed E-state index contributed by atoms with van der Waals surface area (Å²) >= 11 is 0. The molecule has 0 saturated carbocycles. The number of methoxy groups -OCH3 is 1. The fourth-order valence-corrected chi connectivity index (χ4v) is 2.42. The Morgan fingerprint density at radius 1 is 1.08 bits per heavy atom. The van der Waals surface area contributed by atoms with Gasteiger partial charge in [-0.05, 0) is 42.2 Å². The summed E-state index contributed by atoms with van der Waals surface area (Å²) in [4.78, 5) is 12.3. The van der Waals surface area contributed by atoms with E-state index in [2.05, 4.69) is 19.2 Å². The van der Waals surface area contributed by atoms with Gasteiger partial charge < -0.3 is 14.8 Å². The lowest BCUT2D eigenvalue weighted by Gasteiger charge is -2.18. The van der Waals surface area contributed by atoms with Crippen LogP contribution in [0.5, 0.6) is 11.5 Å². The second-order valence-electron chi connectivity index (χ2n) is 6.02. The molecule has 1 atom stereocenters. The number of para-hydroxylation sites is 1. The molecule has 4 nitrogen and oxygen atoms in total. The van der Waals surface area contributed by atoms with Crippen LogP contribution in [0.25, 0.3) is 0 Å². The van der Waals surface area contributed by atoms with Crippen LogP contribution in [0.4, 0.5) is 0 Å². The number of carbonyl (C=O) groups excluding carboxylic acids is 1. The second-order valence-corrected chi connectivity index (χ2v) is 6.02. The summed E-state index contributed by atoms with van der Waals surface area (Å²) in [5.41, 5.74) is 2.09. The van der Waals surface area contributed by atoms with Crippen molar-refractivity contribution in [1.82, 2.24) is 5.32 Å². The molecule has 0 spiro atoms. The van der Waals surface area contributed by atoms with E-state index in [1.54, 1.807) is 14.0 Å². The van der Waals surface area contributed by atoms with Crippen LogP contribution >= 0.6 is 0 Å². The molecule has 24 heavy (non-hydrogen) atoms. The van der Waals surface area contributed by atoms with Gasteiger partial charge in [0, 0.05) is 6.54 Å². The molecule has 0 aliphatic rings. The predicted octanol–water partition coefficient (Wildman–Crippen LogP) is 3.90. The highest BCUT2D eigenvalue weighted by Gasteiger charge is 2.17. The van der Waals surface area contributed by atoms with E-state index in [0.29, 0.717) is 12.5 Å². The maximum atomic E-state index is 12.3. The van der Waals surface area contributed by atoms with E-state index >= 15 is 0 Å². The van der Waals surface area contributed by atoms with Gasteiger partial charge in [-0.15, -0.1) is 0 Å². The maximum Gasteiger partial charge on any atom is 0.261 e. The Morgan fingerprint density at radius 3 is 2.54 bits per heavy atom. The Morgan fingerprint density at radius 2 is 1.83 bits per heavy atom. The number of carbonyl (C=O) groups is 1. The monoisotopic (exact) mass is 327 g/mol. The normalized spacial score (nSPS) is 11.9. The molecular weight excluding hydrogens is 302 g/mol. The fraction of sp³-hybridized carbons (Fsp3) is 0.350. The maximum absolute atomic E-state index is 12.3. The first-order chi connectivity index (χ1) is 11.5. The first kappa shape index (κ1) is 17.9. The minimum absolute atomic E-state index is 0.142. The molecular formula is C20H25NO3. The van der Waals surface area contributed by atoms with E-state index in [0.717, 1.165) is 22.6 Å². The summed E-state index contributed by atoms with van der Waals surface area (Å²) in [7, 11) is 1.62. The van der Waals surface area contributed by atoms with E-state index < -0.39 is 6.10 Å². The zero-order valence-corrected chi connectivity index (χ0v) is 14.7. The lowest BCUT2D eigenvalue weighted by molar-refractivity contribution is -0.127. The molecule has 1 unspecified atom stereocenters. The largest absolute Gasteiger partial charge is 0.497 e. The van der Waals surface area contributed by atoms with Gasteiger partial charge in [-0.1, -0.05) is 44.2 Å². The number of hydrogen-bond acceptors (Lipinski definition) is 3. The molecule has 0 fully saturated rings. The van der Waals surface area contributed by atoms with Gasteiger partial charge in [0.1, 0.15) is 11.5 Å². The molecule has 0 aliphatic heterocycles. The van der Waals surface area contributed by atoms with Gasteiger partial charge in [0.15, 0.2) is 6.10 Å². The molecule has 0 saturated heterocycles. The van der Waals surface area contributed by atoms with Crippen LogP contribution in [0.15, 0.2) is 48.5 Å². The van der Waals surface area contributed by atoms with Crippen molar-refractivity contribution in [2.24, 2.45) is 0 Å². The molecule has 0 radical (unpaired) electrons. The van der Waals surface area contributed by atoms with Crippen molar-refractivity contribution >= 4 is 5.91 Å². The third-order valence-electron chi connectivity index (χ3n) is 3.81. The average Bonchev–Trinajstić information content (AvgIpc) is 2.60. The van der Waals surface area contributed by atoms with Gasteiger partial charge in [-0.2, -0.15) is 0 Å². The SMILES string of the molecule is COc1cccc(CNC(=O)C(C)Oc2ccccc2C(C)C)c1. The Kier molecular flexibility index (Phi) is 6.24. The minimum atomic E-state index is -0.560. The Hall–Kier alpha value is -2.49. The smallest absolute Gasteiger partial charge is 0.261 e. The lowest BCUT2D eigenvalue weighted by atomic mass is 10.0. The van der Waals surface area contributed by atoms with Crippen LogP contribution in [0.2, 0.25) is 0 Å². The second kappa shape index (κ2) is 8.39. The Bertz CT molecular complexity index is 682. The third-order valence-corrected chi connectivity index (χ3v) is 3.81. The van der Waals surface area contributed by atoms with Crippen LogP contribution in [-0.2, 0) is 11.3 Å². The van der Waals surface area contributed by atoms with Crippen LogP contribution < -0.4 is 14.8 Å². The molecule has 4 heteroatoms. The van der Waals surface area contributed by atoms with Crippen LogP contribution in [0.3, 0.4) is 0 Å². The van der Waals surface area contributed by atoms with Gasteiger partial charge >= 0.3 is 0 Å². The predicted molar refractivity (Wildman–Crippen MR) is 95.5 cm³/mol. The van der Waals surface area contributed by atoms with E-state index in [-0.39, 0.29) is 5.91 Å². The lowest BCUT2D eigenvalue weighted by Crippen LogP contribution is -2.36. The highest BCUT2D eigenvalue weighted by Crippen LogP contribution is 2.26. The van der Waals surface area contributed by atoms with Crippen LogP contribution in [0, 0.1) is 0 Å². The first-order valence-electron chi connectivity index (χ1n) is 8.17. The molecule has 128 valence electrons. The van der Waals surface area contributed by atoms with E-state index in [4.69, 9.17) is 9.47 Å². The van der Waals surface area contributed by atoms with E-state index in [1.807, 2.05) is 48.5 Å². The number of ether oxygens (including phenoxy) is 2. The summed E-state index contributed by atoms with van der Waals surface area (Å²) in [6, 6.07) is 15.5. The highest BCUT2D eigenvalue weighted by atomic mass is 16.5. The van der Waals surface area contributed by atoms with Crippen molar-refractivity contribution in [3.63, 3.8) is 0 Å². The molecule has 2 aromatic carbocycles. The molecule has 1 N–H and O–H groups in total. The summed E-state index contributed by atoms with van der Waals surface area (Å²) in [5, 5.41) is 2.90. The number of hydrogen-bond donors (Lipinski definition) is 1. The van der Waals surface area contributed by atoms with Gasteiger partial charge in [0.05, 0.1) is 7.11 Å². The quantitative estimate of drug-likeness (QED) is 0.839. The standard InChI is InChI=1S/C20H25NO3/c1-14(2)18-10-5-6-11-19(18)24-15(3)20(22)21-13-16-8-7-9-17(12-16)23-4/h5-12,14-15H,13H2,1-4H3,(H,21,22). The summed E-state index contributed by atoms with van der Waals surface area (Å²) in [6.45, 7) is 6.42. The fourth-order valence-electron chi connectivity index (χ4n) is 2.42. The topological polar surface area (TPSA) is 47.6 Å². The minimum Gasteiger partial charge on any atom is -0.497 e. The molecule has 2 aromatic rings. The number of rotatable bonds is 7. The van der Waals surface area contributed by atoms with Crippen molar-refractivity contribution in [2.75, 3.05) is 7.11 Å². The van der Waals surface area contributed by atoms with Gasteiger partial charge in [-0.3, -0.25) is 4.79 Å². The molecule has 0 aromatic heterocycles. The molecule has 1 amide bonds. The Balaban J connectivity index is 1.95. The third kappa shape index (κ3) is 4.75. The van der Waals surface area contributed by atoms with Crippen LogP contribution in [-0.4, -0.2) is 19.1 Å². The zero-order chi connectivity index (χ0) is 17.5. The summed E-state index contributed by atoms with van der Waals surface area (Å²) < 4.78 is 11.1. The van der Waals surface area contributed by atoms with Crippen molar-refractivity contribution in [3.8, 4) is 11.5 Å². The molecule has 0 aliphatic carbocycles. The van der Waals surface area contributed by atoms with Crippen molar-refractivity contribution < 1.29 is 14.3 Å². The molecule has 0 heterocycles.